The van der Waals surface area contributed by atoms with Crippen molar-refractivity contribution in [2.45, 2.75) is 38.1 Å². The molecule has 0 aliphatic carbocycles. The summed E-state index contributed by atoms with van der Waals surface area (Å²) in [5.74, 6) is -0.418. The molecule has 162 valence electrons. The van der Waals surface area contributed by atoms with Crippen LogP contribution in [0.4, 0.5) is 19.0 Å². The topological polar surface area (TPSA) is 59.0 Å². The van der Waals surface area contributed by atoms with Gasteiger partial charge in [-0.1, -0.05) is 59.6 Å². The summed E-state index contributed by atoms with van der Waals surface area (Å²) in [5.41, 5.74) is 2.38. The minimum absolute atomic E-state index is 0.0895. The van der Waals surface area contributed by atoms with Gasteiger partial charge < -0.3 is 10.6 Å². The van der Waals surface area contributed by atoms with Crippen molar-refractivity contribution < 1.29 is 18.0 Å². The molecule has 0 fully saturated rings. The molecule has 2 N–H and O–H groups in total. The third-order valence-electron chi connectivity index (χ3n) is 5.30. The molecule has 4 rings (SSSR count). The average molecular weight is 449 g/mol. The molecule has 1 aliphatic rings. The predicted molar refractivity (Wildman–Crippen MR) is 112 cm³/mol. The number of anilines is 1. The van der Waals surface area contributed by atoms with Crippen molar-refractivity contribution in [1.82, 2.24) is 15.1 Å². The Morgan fingerprint density at radius 3 is 2.61 bits per heavy atom. The van der Waals surface area contributed by atoms with Crippen LogP contribution in [-0.2, 0) is 6.54 Å². The van der Waals surface area contributed by atoms with Crippen LogP contribution < -0.4 is 10.6 Å². The molecule has 0 radical (unpaired) electrons. The van der Waals surface area contributed by atoms with E-state index in [1.54, 1.807) is 24.3 Å². The van der Waals surface area contributed by atoms with E-state index in [4.69, 9.17) is 11.6 Å². The molecule has 5 nitrogen and oxygen atoms in total. The first kappa shape index (κ1) is 21.2. The third kappa shape index (κ3) is 4.54. The van der Waals surface area contributed by atoms with Crippen molar-refractivity contribution in [2.24, 2.45) is 0 Å². The minimum atomic E-state index is -4.50. The number of nitrogens with zero attached hydrogens (tertiary/aromatic N) is 2. The van der Waals surface area contributed by atoms with Gasteiger partial charge in [-0.15, -0.1) is 0 Å². The lowest BCUT2D eigenvalue weighted by Gasteiger charge is -2.33. The minimum Gasteiger partial charge on any atom is -0.363 e. The number of hydrogen-bond acceptors (Lipinski definition) is 3. The zero-order valence-corrected chi connectivity index (χ0v) is 17.3. The standard InChI is InChI=1S/C22H20ClF3N4O/c1-13-6-8-14(9-7-13)17-10-19(22(24,25)26)30-20(28-17)11-18(29-30)21(31)27-12-15-4-2-3-5-16(15)23/h2-9,11,17,19,28H,10,12H2,1H3,(H,27,31)/t17-,19+/m0/s1. The second-order valence-electron chi connectivity index (χ2n) is 7.53. The summed E-state index contributed by atoms with van der Waals surface area (Å²) in [4.78, 5) is 12.6. The largest absolute Gasteiger partial charge is 0.410 e. The van der Waals surface area contributed by atoms with Crippen LogP contribution in [0.15, 0.2) is 54.6 Å². The second-order valence-corrected chi connectivity index (χ2v) is 7.94. The Bertz CT molecular complexity index is 1090. The van der Waals surface area contributed by atoms with Gasteiger partial charge >= 0.3 is 6.18 Å². The van der Waals surface area contributed by atoms with Gasteiger partial charge in [0.15, 0.2) is 11.7 Å². The fraction of sp³-hybridized carbons (Fsp3) is 0.273. The lowest BCUT2D eigenvalue weighted by atomic mass is 9.96. The fourth-order valence-electron chi connectivity index (χ4n) is 3.61. The molecule has 0 spiro atoms. The summed E-state index contributed by atoms with van der Waals surface area (Å²) in [5, 5.41) is 10.2. The van der Waals surface area contributed by atoms with E-state index in [0.29, 0.717) is 10.6 Å². The Balaban J connectivity index is 1.58. The van der Waals surface area contributed by atoms with Gasteiger partial charge in [-0.2, -0.15) is 18.3 Å². The normalized spacial score (nSPS) is 18.2. The fourth-order valence-corrected chi connectivity index (χ4v) is 3.81. The number of benzene rings is 2. The van der Waals surface area contributed by atoms with E-state index in [1.807, 2.05) is 31.2 Å². The average Bonchev–Trinajstić information content (AvgIpc) is 3.16. The predicted octanol–water partition coefficient (Wildman–Crippen LogP) is 5.44. The van der Waals surface area contributed by atoms with Crippen molar-refractivity contribution in [1.29, 1.82) is 0 Å². The SMILES string of the molecule is Cc1ccc([C@@H]2C[C@H](C(F)(F)F)n3nc(C(=O)NCc4ccccc4Cl)cc3N2)cc1. The number of aromatic nitrogens is 2. The number of hydrogen-bond donors (Lipinski definition) is 2. The molecule has 0 unspecified atom stereocenters. The van der Waals surface area contributed by atoms with E-state index in [0.717, 1.165) is 15.8 Å². The summed E-state index contributed by atoms with van der Waals surface area (Å²) in [7, 11) is 0. The summed E-state index contributed by atoms with van der Waals surface area (Å²) in [6, 6.07) is 13.3. The Hall–Kier alpha value is -3.00. The molecule has 2 atom stereocenters. The molecule has 0 bridgehead atoms. The van der Waals surface area contributed by atoms with Gasteiger partial charge in [0.2, 0.25) is 0 Å². The van der Waals surface area contributed by atoms with Gasteiger partial charge in [0.05, 0.1) is 6.04 Å². The number of carbonyl (C=O) groups excluding carboxylic acids is 1. The maximum Gasteiger partial charge on any atom is 0.410 e. The van der Waals surface area contributed by atoms with Gasteiger partial charge in [0.25, 0.3) is 5.91 Å². The molecule has 1 amide bonds. The third-order valence-corrected chi connectivity index (χ3v) is 5.67. The number of halogens is 4. The summed E-state index contributed by atoms with van der Waals surface area (Å²) >= 11 is 6.08. The van der Waals surface area contributed by atoms with Crippen LogP contribution in [0.25, 0.3) is 0 Å². The number of alkyl halides is 3. The van der Waals surface area contributed by atoms with Gasteiger partial charge in [-0.05, 0) is 24.1 Å². The van der Waals surface area contributed by atoms with Crippen LogP contribution >= 0.6 is 11.6 Å². The van der Waals surface area contributed by atoms with Crippen molar-refractivity contribution in [3.63, 3.8) is 0 Å². The Morgan fingerprint density at radius 1 is 1.23 bits per heavy atom. The Morgan fingerprint density at radius 2 is 1.94 bits per heavy atom. The first-order valence-electron chi connectivity index (χ1n) is 9.73. The highest BCUT2D eigenvalue weighted by molar-refractivity contribution is 6.31. The van der Waals surface area contributed by atoms with Crippen LogP contribution in [0.3, 0.4) is 0 Å². The first-order chi connectivity index (χ1) is 14.7. The van der Waals surface area contributed by atoms with E-state index < -0.39 is 24.2 Å². The van der Waals surface area contributed by atoms with E-state index in [-0.39, 0.29) is 24.5 Å². The van der Waals surface area contributed by atoms with Crippen LogP contribution in [-0.4, -0.2) is 21.9 Å². The molecule has 0 saturated heterocycles. The van der Waals surface area contributed by atoms with Gasteiger partial charge in [-0.3, -0.25) is 4.79 Å². The summed E-state index contributed by atoms with van der Waals surface area (Å²) in [6.07, 6.45) is -4.72. The Labute approximate surface area is 182 Å². The molecule has 1 aromatic heterocycles. The smallest absolute Gasteiger partial charge is 0.363 e. The van der Waals surface area contributed by atoms with Crippen LogP contribution in [0, 0.1) is 6.92 Å². The second kappa shape index (κ2) is 8.26. The first-order valence-corrected chi connectivity index (χ1v) is 10.1. The molecule has 9 heteroatoms. The zero-order valence-electron chi connectivity index (χ0n) is 16.6. The molecule has 0 saturated carbocycles. The van der Waals surface area contributed by atoms with Gasteiger partial charge in [-0.25, -0.2) is 4.68 Å². The summed E-state index contributed by atoms with van der Waals surface area (Å²) in [6.45, 7) is 2.06. The van der Waals surface area contributed by atoms with Crippen molar-refractivity contribution in [3.05, 3.63) is 82.0 Å². The van der Waals surface area contributed by atoms with Crippen molar-refractivity contribution in [3.8, 4) is 0 Å². The van der Waals surface area contributed by atoms with Gasteiger partial charge in [0, 0.05) is 24.1 Å². The highest BCUT2D eigenvalue weighted by Gasteiger charge is 2.46. The number of amides is 1. The maximum atomic E-state index is 13.8. The number of carbonyl (C=O) groups is 1. The number of fused-ring (bicyclic) bond motifs is 1. The molecule has 2 aromatic carbocycles. The molecule has 2 heterocycles. The molecular formula is C22H20ClF3N4O. The number of rotatable bonds is 4. The van der Waals surface area contributed by atoms with E-state index >= 15 is 0 Å². The monoisotopic (exact) mass is 448 g/mol. The number of aryl methyl sites for hydroxylation is 1. The molecule has 31 heavy (non-hydrogen) atoms. The quantitative estimate of drug-likeness (QED) is 0.559. The van der Waals surface area contributed by atoms with E-state index in [2.05, 4.69) is 15.7 Å². The zero-order chi connectivity index (χ0) is 22.2. The highest BCUT2D eigenvalue weighted by Crippen LogP contribution is 2.43. The highest BCUT2D eigenvalue weighted by atomic mass is 35.5. The van der Waals surface area contributed by atoms with Crippen molar-refractivity contribution >= 4 is 23.3 Å². The van der Waals surface area contributed by atoms with Crippen LogP contribution in [0.2, 0.25) is 5.02 Å². The van der Waals surface area contributed by atoms with Gasteiger partial charge in [0.1, 0.15) is 5.82 Å². The maximum absolute atomic E-state index is 13.8. The van der Waals surface area contributed by atoms with Crippen molar-refractivity contribution in [2.75, 3.05) is 5.32 Å². The van der Waals surface area contributed by atoms with E-state index in [9.17, 15) is 18.0 Å². The Kier molecular flexibility index (Phi) is 5.66. The molecule has 3 aromatic rings. The lowest BCUT2D eigenvalue weighted by molar-refractivity contribution is -0.173. The number of nitrogens with one attached hydrogen (secondary N) is 2. The molecule has 1 aliphatic heterocycles. The molecular weight excluding hydrogens is 429 g/mol. The summed E-state index contributed by atoms with van der Waals surface area (Å²) < 4.78 is 42.2. The lowest BCUT2D eigenvalue weighted by Crippen LogP contribution is -2.35. The van der Waals surface area contributed by atoms with E-state index in [1.165, 1.54) is 6.07 Å². The van der Waals surface area contributed by atoms with Crippen LogP contribution in [0.1, 0.15) is 45.7 Å². The van der Waals surface area contributed by atoms with Crippen LogP contribution in [0.5, 0.6) is 0 Å².